The largest absolute Gasteiger partial charge is 0.491 e. The van der Waals surface area contributed by atoms with Crippen LogP contribution in [0.25, 0.3) is 0 Å². The molecule has 124 valence electrons. The lowest BCUT2D eigenvalue weighted by Crippen LogP contribution is -2.46. The number of hydrogen-bond acceptors (Lipinski definition) is 4. The highest BCUT2D eigenvalue weighted by Crippen LogP contribution is 2.23. The molecule has 0 aliphatic heterocycles. The minimum Gasteiger partial charge on any atom is -0.491 e. The molecule has 4 heteroatoms. The first-order chi connectivity index (χ1) is 10.6. The molecule has 0 heterocycles. The number of ether oxygens (including phenoxy) is 1. The van der Waals surface area contributed by atoms with Crippen LogP contribution in [0.15, 0.2) is 30.3 Å². The summed E-state index contributed by atoms with van der Waals surface area (Å²) in [6.07, 6.45) is 5.22. The van der Waals surface area contributed by atoms with Gasteiger partial charge in [-0.3, -0.25) is 4.90 Å². The van der Waals surface area contributed by atoms with Gasteiger partial charge in [-0.15, -0.1) is 0 Å². The smallest absolute Gasteiger partial charge is 0.119 e. The number of hydrogen-bond donors (Lipinski definition) is 2. The molecule has 0 aromatic heterocycles. The summed E-state index contributed by atoms with van der Waals surface area (Å²) in [6.45, 7) is 3.27. The van der Waals surface area contributed by atoms with Crippen LogP contribution >= 0.6 is 0 Å². The third-order valence-electron chi connectivity index (χ3n) is 4.22. The minimum absolute atomic E-state index is 0.285. The van der Waals surface area contributed by atoms with Crippen molar-refractivity contribution in [1.29, 1.82) is 0 Å². The standard InChI is InChI=1S/C18H29NO3/c1-15(20)12-19(16-8-4-2-5-9-16)13-17(21)14-22-18-10-6-3-7-11-18/h3,6-7,10-11,15-17,20-21H,2,4-5,8-9,12-14H2,1H3. The van der Waals surface area contributed by atoms with E-state index in [1.165, 1.54) is 32.1 Å². The molecule has 1 aromatic carbocycles. The van der Waals surface area contributed by atoms with Crippen LogP contribution in [-0.2, 0) is 0 Å². The van der Waals surface area contributed by atoms with Gasteiger partial charge in [-0.05, 0) is 31.9 Å². The number of benzene rings is 1. The zero-order chi connectivity index (χ0) is 15.8. The Morgan fingerprint density at radius 2 is 1.77 bits per heavy atom. The summed E-state index contributed by atoms with van der Waals surface area (Å²) in [5.41, 5.74) is 0. The van der Waals surface area contributed by atoms with Crippen LogP contribution in [0, 0.1) is 0 Å². The van der Waals surface area contributed by atoms with Gasteiger partial charge in [0, 0.05) is 19.1 Å². The molecule has 0 saturated heterocycles. The third kappa shape index (κ3) is 5.95. The predicted octanol–water partition coefficient (Wildman–Crippen LogP) is 2.44. The van der Waals surface area contributed by atoms with Gasteiger partial charge in [0.05, 0.1) is 6.10 Å². The Morgan fingerprint density at radius 1 is 1.09 bits per heavy atom. The molecule has 0 radical (unpaired) electrons. The van der Waals surface area contributed by atoms with Gasteiger partial charge in [0.25, 0.3) is 0 Å². The lowest BCUT2D eigenvalue weighted by Gasteiger charge is -2.36. The van der Waals surface area contributed by atoms with E-state index in [1.54, 1.807) is 0 Å². The van der Waals surface area contributed by atoms with Crippen molar-refractivity contribution in [2.45, 2.75) is 57.3 Å². The Balaban J connectivity index is 1.82. The van der Waals surface area contributed by atoms with E-state index in [9.17, 15) is 10.2 Å². The minimum atomic E-state index is -0.541. The SMILES string of the molecule is CC(O)CN(CC(O)COc1ccccc1)C1CCCCC1. The van der Waals surface area contributed by atoms with E-state index in [2.05, 4.69) is 4.90 Å². The van der Waals surface area contributed by atoms with E-state index in [0.29, 0.717) is 19.1 Å². The predicted molar refractivity (Wildman–Crippen MR) is 88.1 cm³/mol. The van der Waals surface area contributed by atoms with Crippen LogP contribution < -0.4 is 4.74 Å². The summed E-state index contributed by atoms with van der Waals surface area (Å²) >= 11 is 0. The second kappa shape index (κ2) is 9.13. The van der Waals surface area contributed by atoms with Crippen molar-refractivity contribution in [2.24, 2.45) is 0 Å². The average molecular weight is 307 g/mol. The van der Waals surface area contributed by atoms with Crippen molar-refractivity contribution in [3.8, 4) is 5.75 Å². The highest BCUT2D eigenvalue weighted by molar-refractivity contribution is 5.20. The molecule has 4 nitrogen and oxygen atoms in total. The van der Waals surface area contributed by atoms with Gasteiger partial charge in [-0.1, -0.05) is 37.5 Å². The molecule has 1 aliphatic carbocycles. The van der Waals surface area contributed by atoms with E-state index < -0.39 is 6.10 Å². The van der Waals surface area contributed by atoms with Gasteiger partial charge in [0.15, 0.2) is 0 Å². The molecule has 1 fully saturated rings. The van der Waals surface area contributed by atoms with Crippen LogP contribution in [0.4, 0.5) is 0 Å². The Bertz CT molecular complexity index is 404. The van der Waals surface area contributed by atoms with Crippen molar-refractivity contribution in [3.05, 3.63) is 30.3 Å². The molecule has 2 atom stereocenters. The van der Waals surface area contributed by atoms with Gasteiger partial charge in [-0.25, -0.2) is 0 Å². The molecule has 22 heavy (non-hydrogen) atoms. The van der Waals surface area contributed by atoms with Crippen LogP contribution in [0.2, 0.25) is 0 Å². The maximum absolute atomic E-state index is 10.3. The number of nitrogens with zero attached hydrogens (tertiary/aromatic N) is 1. The van der Waals surface area contributed by atoms with Crippen molar-refractivity contribution in [1.82, 2.24) is 4.90 Å². The van der Waals surface area contributed by atoms with Crippen LogP contribution in [0.3, 0.4) is 0 Å². The third-order valence-corrected chi connectivity index (χ3v) is 4.22. The number of rotatable bonds is 8. The summed E-state index contributed by atoms with van der Waals surface area (Å²) in [5.74, 6) is 0.779. The second-order valence-electron chi connectivity index (χ2n) is 6.37. The van der Waals surface area contributed by atoms with Crippen LogP contribution in [-0.4, -0.2) is 53.1 Å². The Morgan fingerprint density at radius 3 is 2.41 bits per heavy atom. The quantitative estimate of drug-likeness (QED) is 0.774. The summed E-state index contributed by atoms with van der Waals surface area (Å²) in [6, 6.07) is 10.0. The highest BCUT2D eigenvalue weighted by atomic mass is 16.5. The van der Waals surface area contributed by atoms with E-state index in [0.717, 1.165) is 5.75 Å². The molecule has 2 rings (SSSR count). The molecule has 1 aromatic rings. The van der Waals surface area contributed by atoms with Gasteiger partial charge in [0.2, 0.25) is 0 Å². The fraction of sp³-hybridized carbons (Fsp3) is 0.667. The first kappa shape index (κ1) is 17.3. The maximum Gasteiger partial charge on any atom is 0.119 e. The van der Waals surface area contributed by atoms with Crippen molar-refractivity contribution in [3.63, 3.8) is 0 Å². The molecule has 0 bridgehead atoms. The molecule has 1 aliphatic rings. The van der Waals surface area contributed by atoms with E-state index in [-0.39, 0.29) is 12.7 Å². The molecule has 2 unspecified atom stereocenters. The molecule has 0 spiro atoms. The molecular formula is C18H29NO3. The summed E-state index contributed by atoms with van der Waals surface area (Å²) < 4.78 is 5.62. The lowest BCUT2D eigenvalue weighted by molar-refractivity contribution is 0.0219. The molecular weight excluding hydrogens is 278 g/mol. The Kier molecular flexibility index (Phi) is 7.16. The zero-order valence-electron chi connectivity index (χ0n) is 13.5. The van der Waals surface area contributed by atoms with E-state index in [4.69, 9.17) is 4.74 Å². The van der Waals surface area contributed by atoms with Gasteiger partial charge < -0.3 is 14.9 Å². The topological polar surface area (TPSA) is 52.9 Å². The Labute approximate surface area is 133 Å². The average Bonchev–Trinajstić information content (AvgIpc) is 2.54. The Hall–Kier alpha value is -1.10. The number of para-hydroxylation sites is 1. The van der Waals surface area contributed by atoms with Gasteiger partial charge >= 0.3 is 0 Å². The lowest BCUT2D eigenvalue weighted by atomic mass is 9.93. The van der Waals surface area contributed by atoms with E-state index in [1.807, 2.05) is 37.3 Å². The van der Waals surface area contributed by atoms with E-state index >= 15 is 0 Å². The maximum atomic E-state index is 10.3. The van der Waals surface area contributed by atoms with Crippen LogP contribution in [0.1, 0.15) is 39.0 Å². The van der Waals surface area contributed by atoms with Gasteiger partial charge in [-0.2, -0.15) is 0 Å². The fourth-order valence-corrected chi connectivity index (χ4v) is 3.19. The second-order valence-corrected chi connectivity index (χ2v) is 6.37. The van der Waals surface area contributed by atoms with Crippen molar-refractivity contribution in [2.75, 3.05) is 19.7 Å². The highest BCUT2D eigenvalue weighted by Gasteiger charge is 2.24. The fourth-order valence-electron chi connectivity index (χ4n) is 3.19. The van der Waals surface area contributed by atoms with Crippen molar-refractivity contribution < 1.29 is 14.9 Å². The summed E-state index contributed by atoms with van der Waals surface area (Å²) in [5, 5.41) is 20.0. The number of aliphatic hydroxyl groups excluding tert-OH is 2. The number of aliphatic hydroxyl groups is 2. The van der Waals surface area contributed by atoms with Crippen molar-refractivity contribution >= 4 is 0 Å². The first-order valence-corrected chi connectivity index (χ1v) is 8.43. The van der Waals surface area contributed by atoms with Crippen LogP contribution in [0.5, 0.6) is 5.75 Å². The molecule has 2 N–H and O–H groups in total. The summed E-state index contributed by atoms with van der Waals surface area (Å²) in [7, 11) is 0. The normalized spacial score (nSPS) is 19.1. The molecule has 1 saturated carbocycles. The molecule has 0 amide bonds. The first-order valence-electron chi connectivity index (χ1n) is 8.43. The zero-order valence-corrected chi connectivity index (χ0v) is 13.5. The summed E-state index contributed by atoms with van der Waals surface area (Å²) in [4.78, 5) is 2.24. The van der Waals surface area contributed by atoms with Gasteiger partial charge in [0.1, 0.15) is 18.5 Å². The monoisotopic (exact) mass is 307 g/mol.